The van der Waals surface area contributed by atoms with E-state index in [4.69, 9.17) is 0 Å². The summed E-state index contributed by atoms with van der Waals surface area (Å²) in [5.74, 6) is -1.02. The highest BCUT2D eigenvalue weighted by Crippen LogP contribution is 2.22. The average molecular weight is 276 g/mol. The predicted molar refractivity (Wildman–Crippen MR) is 77.1 cm³/mol. The van der Waals surface area contributed by atoms with Crippen molar-refractivity contribution in [3.8, 4) is 0 Å². The van der Waals surface area contributed by atoms with E-state index in [1.165, 1.54) is 6.07 Å². The summed E-state index contributed by atoms with van der Waals surface area (Å²) in [4.78, 5) is 25.5. The van der Waals surface area contributed by atoms with Gasteiger partial charge in [0.15, 0.2) is 0 Å². The van der Waals surface area contributed by atoms with Crippen LogP contribution in [-0.4, -0.2) is 42.0 Å². The number of aromatic carboxylic acids is 1. The standard InChI is InChI=1S/C15H20N2O3/c1-9-6-12(7-13(10(9)2)15(19)20)16-14(18)11-4-5-17(3)8-11/h6-7,11H,4-5,8H2,1-3H3,(H,16,18)(H,19,20). The number of hydrogen-bond donors (Lipinski definition) is 2. The summed E-state index contributed by atoms with van der Waals surface area (Å²) in [6.45, 7) is 5.30. The molecule has 1 unspecified atom stereocenters. The number of nitrogens with one attached hydrogen (secondary N) is 1. The fourth-order valence-corrected chi connectivity index (χ4v) is 2.55. The van der Waals surface area contributed by atoms with Crippen LogP contribution in [-0.2, 0) is 4.79 Å². The monoisotopic (exact) mass is 276 g/mol. The lowest BCUT2D eigenvalue weighted by Crippen LogP contribution is -2.25. The van der Waals surface area contributed by atoms with Crippen molar-refractivity contribution in [1.29, 1.82) is 0 Å². The quantitative estimate of drug-likeness (QED) is 0.884. The van der Waals surface area contributed by atoms with E-state index in [1.807, 2.05) is 20.0 Å². The molecule has 5 heteroatoms. The van der Waals surface area contributed by atoms with Crippen molar-refractivity contribution < 1.29 is 14.7 Å². The maximum absolute atomic E-state index is 12.2. The number of carbonyl (C=O) groups is 2. The van der Waals surface area contributed by atoms with Gasteiger partial charge in [-0.2, -0.15) is 0 Å². The molecule has 1 amide bonds. The number of likely N-dealkylation sites (tertiary alicyclic amines) is 1. The number of nitrogens with zero attached hydrogens (tertiary/aromatic N) is 1. The normalized spacial score (nSPS) is 19.1. The van der Waals surface area contributed by atoms with Gasteiger partial charge < -0.3 is 15.3 Å². The highest BCUT2D eigenvalue weighted by molar-refractivity contribution is 5.96. The summed E-state index contributed by atoms with van der Waals surface area (Å²) < 4.78 is 0. The van der Waals surface area contributed by atoms with E-state index >= 15 is 0 Å². The molecule has 20 heavy (non-hydrogen) atoms. The molecule has 108 valence electrons. The molecule has 0 aromatic heterocycles. The first-order valence-corrected chi connectivity index (χ1v) is 6.72. The van der Waals surface area contributed by atoms with Gasteiger partial charge in [-0.05, 0) is 57.1 Å². The fraction of sp³-hybridized carbons (Fsp3) is 0.467. The number of carboxylic acid groups (broad SMARTS) is 1. The molecule has 0 aliphatic carbocycles. The molecule has 2 rings (SSSR count). The van der Waals surface area contributed by atoms with Gasteiger partial charge in [0, 0.05) is 12.2 Å². The molecule has 1 fully saturated rings. The maximum Gasteiger partial charge on any atom is 0.336 e. The minimum Gasteiger partial charge on any atom is -0.478 e. The lowest BCUT2D eigenvalue weighted by Gasteiger charge is -2.14. The van der Waals surface area contributed by atoms with Gasteiger partial charge in [0.1, 0.15) is 0 Å². The Morgan fingerprint density at radius 3 is 2.60 bits per heavy atom. The second-order valence-corrected chi connectivity index (χ2v) is 5.51. The van der Waals surface area contributed by atoms with Crippen LogP contribution in [0.3, 0.4) is 0 Å². The molecule has 0 bridgehead atoms. The number of benzene rings is 1. The van der Waals surface area contributed by atoms with Crippen LogP contribution >= 0.6 is 0 Å². The molecule has 1 aromatic rings. The van der Waals surface area contributed by atoms with Gasteiger partial charge in [-0.1, -0.05) is 0 Å². The smallest absolute Gasteiger partial charge is 0.336 e. The van der Waals surface area contributed by atoms with Gasteiger partial charge >= 0.3 is 5.97 Å². The third kappa shape index (κ3) is 2.99. The van der Waals surface area contributed by atoms with Crippen molar-refractivity contribution >= 4 is 17.6 Å². The molecular weight excluding hydrogens is 256 g/mol. The van der Waals surface area contributed by atoms with E-state index in [9.17, 15) is 14.7 Å². The second kappa shape index (κ2) is 5.63. The third-order valence-electron chi connectivity index (χ3n) is 3.93. The molecule has 0 radical (unpaired) electrons. The lowest BCUT2D eigenvalue weighted by atomic mass is 10.0. The first-order valence-electron chi connectivity index (χ1n) is 6.72. The molecule has 5 nitrogen and oxygen atoms in total. The number of carbonyl (C=O) groups excluding carboxylic acids is 1. The van der Waals surface area contributed by atoms with Gasteiger partial charge in [-0.25, -0.2) is 4.79 Å². The van der Waals surface area contributed by atoms with Crippen LogP contribution < -0.4 is 5.32 Å². The number of anilines is 1. The van der Waals surface area contributed by atoms with Crippen molar-refractivity contribution in [3.05, 3.63) is 28.8 Å². The highest BCUT2D eigenvalue weighted by Gasteiger charge is 2.26. The van der Waals surface area contributed by atoms with Gasteiger partial charge in [0.05, 0.1) is 11.5 Å². The molecular formula is C15H20N2O3. The molecule has 1 aromatic carbocycles. The number of hydrogen-bond acceptors (Lipinski definition) is 3. The average Bonchev–Trinajstić information content (AvgIpc) is 2.80. The first-order chi connectivity index (χ1) is 9.38. The SMILES string of the molecule is Cc1cc(NC(=O)C2CCN(C)C2)cc(C(=O)O)c1C. The van der Waals surface area contributed by atoms with Crippen LogP contribution in [0.1, 0.15) is 27.9 Å². The van der Waals surface area contributed by atoms with Crippen LogP contribution in [0.4, 0.5) is 5.69 Å². The fourth-order valence-electron chi connectivity index (χ4n) is 2.55. The summed E-state index contributed by atoms with van der Waals surface area (Å²) >= 11 is 0. The molecule has 1 saturated heterocycles. The van der Waals surface area contributed by atoms with Crippen molar-refractivity contribution in [2.24, 2.45) is 5.92 Å². The first kappa shape index (κ1) is 14.5. The van der Waals surface area contributed by atoms with Crippen molar-refractivity contribution in [2.75, 3.05) is 25.5 Å². The van der Waals surface area contributed by atoms with E-state index in [2.05, 4.69) is 10.2 Å². The molecule has 1 aliphatic rings. The van der Waals surface area contributed by atoms with Gasteiger partial charge in [-0.3, -0.25) is 4.79 Å². The van der Waals surface area contributed by atoms with Gasteiger partial charge in [-0.15, -0.1) is 0 Å². The van der Waals surface area contributed by atoms with Gasteiger partial charge in [0.2, 0.25) is 5.91 Å². The van der Waals surface area contributed by atoms with Crippen LogP contribution in [0.5, 0.6) is 0 Å². The summed E-state index contributed by atoms with van der Waals surface area (Å²) in [5.41, 5.74) is 2.40. The van der Waals surface area contributed by atoms with Crippen LogP contribution in [0.15, 0.2) is 12.1 Å². The second-order valence-electron chi connectivity index (χ2n) is 5.51. The Bertz CT molecular complexity index is 554. The number of amides is 1. The zero-order chi connectivity index (χ0) is 14.9. The van der Waals surface area contributed by atoms with E-state index in [1.54, 1.807) is 6.92 Å². The van der Waals surface area contributed by atoms with Crippen molar-refractivity contribution in [2.45, 2.75) is 20.3 Å². The Kier molecular flexibility index (Phi) is 4.09. The minimum absolute atomic E-state index is 0.0186. The summed E-state index contributed by atoms with van der Waals surface area (Å²) in [5, 5.41) is 12.0. The molecule has 1 heterocycles. The third-order valence-corrected chi connectivity index (χ3v) is 3.93. The molecule has 0 spiro atoms. The zero-order valence-corrected chi connectivity index (χ0v) is 12.1. The molecule has 1 aliphatic heterocycles. The number of carboxylic acids is 1. The Morgan fingerprint density at radius 1 is 1.35 bits per heavy atom. The van der Waals surface area contributed by atoms with Crippen molar-refractivity contribution in [3.63, 3.8) is 0 Å². The molecule has 2 N–H and O–H groups in total. The molecule has 0 saturated carbocycles. The van der Waals surface area contributed by atoms with E-state index in [0.29, 0.717) is 5.69 Å². The van der Waals surface area contributed by atoms with Crippen molar-refractivity contribution in [1.82, 2.24) is 4.90 Å². The van der Waals surface area contributed by atoms with Crippen LogP contribution in [0.25, 0.3) is 0 Å². The Labute approximate surface area is 118 Å². The summed E-state index contributed by atoms with van der Waals surface area (Å²) in [7, 11) is 1.99. The highest BCUT2D eigenvalue weighted by atomic mass is 16.4. The van der Waals surface area contributed by atoms with Gasteiger partial charge in [0.25, 0.3) is 0 Å². The Balaban J connectivity index is 2.17. The topological polar surface area (TPSA) is 69.6 Å². The predicted octanol–water partition coefficient (Wildman–Crippen LogP) is 1.89. The largest absolute Gasteiger partial charge is 0.478 e. The number of aryl methyl sites for hydroxylation is 1. The number of rotatable bonds is 3. The summed E-state index contributed by atoms with van der Waals surface area (Å²) in [6.07, 6.45) is 0.846. The van der Waals surface area contributed by atoms with E-state index in [-0.39, 0.29) is 17.4 Å². The lowest BCUT2D eigenvalue weighted by molar-refractivity contribution is -0.119. The Hall–Kier alpha value is -1.88. The maximum atomic E-state index is 12.2. The van der Waals surface area contributed by atoms with E-state index in [0.717, 1.165) is 30.6 Å². The van der Waals surface area contributed by atoms with E-state index < -0.39 is 5.97 Å². The van der Waals surface area contributed by atoms with Crippen LogP contribution in [0, 0.1) is 19.8 Å². The summed E-state index contributed by atoms with van der Waals surface area (Å²) in [6, 6.07) is 3.35. The van der Waals surface area contributed by atoms with Crippen LogP contribution in [0.2, 0.25) is 0 Å². The minimum atomic E-state index is -0.970. The molecule has 1 atom stereocenters. The Morgan fingerprint density at radius 2 is 2.05 bits per heavy atom. The zero-order valence-electron chi connectivity index (χ0n) is 12.1.